The summed E-state index contributed by atoms with van der Waals surface area (Å²) in [5.41, 5.74) is 0. The van der Waals surface area contributed by atoms with Crippen LogP contribution in [0.3, 0.4) is 0 Å². The van der Waals surface area contributed by atoms with E-state index < -0.39 is 0 Å². The first kappa shape index (κ1) is 6.05. The minimum atomic E-state index is 0.380. The van der Waals surface area contributed by atoms with Crippen LogP contribution in [0.25, 0.3) is 0 Å². The number of rotatable bonds is 0. The third-order valence-electron chi connectivity index (χ3n) is 1.91. The maximum Gasteiger partial charge on any atom is 0.0325 e. The van der Waals surface area contributed by atoms with Crippen molar-refractivity contribution >= 4 is 0 Å². The highest BCUT2D eigenvalue weighted by Gasteiger charge is 2.24. The van der Waals surface area contributed by atoms with Crippen LogP contribution in [0.15, 0.2) is 0 Å². The molecule has 2 nitrogen and oxygen atoms in total. The second-order valence-corrected chi connectivity index (χ2v) is 2.66. The molecule has 0 aromatic rings. The van der Waals surface area contributed by atoms with Crippen molar-refractivity contribution in [2.75, 3.05) is 0 Å². The van der Waals surface area contributed by atoms with Crippen LogP contribution in [0.4, 0.5) is 0 Å². The largest absolute Gasteiger partial charge is 0.313 e. The van der Waals surface area contributed by atoms with Crippen molar-refractivity contribution in [1.29, 1.82) is 0 Å². The molecule has 8 heavy (non-hydrogen) atoms. The molecule has 2 heteroatoms. The summed E-state index contributed by atoms with van der Waals surface area (Å²) in [6, 6.07) is 0.759. The van der Waals surface area contributed by atoms with Crippen LogP contribution in [-0.4, -0.2) is 22.4 Å². The van der Waals surface area contributed by atoms with Gasteiger partial charge in [-0.3, -0.25) is 0 Å². The highest BCUT2D eigenvalue weighted by molar-refractivity contribution is 4.74. The van der Waals surface area contributed by atoms with E-state index in [1.54, 1.807) is 0 Å². The lowest BCUT2D eigenvalue weighted by atomic mass is 10.2. The Morgan fingerprint density at radius 3 is 1.75 bits per heavy atom. The number of nitrogens with zero attached hydrogens (tertiary/aromatic N) is 1. The molecule has 1 saturated heterocycles. The van der Waals surface area contributed by atoms with Crippen LogP contribution in [0, 0.1) is 0 Å². The lowest BCUT2D eigenvalue weighted by molar-refractivity contribution is -0.124. The molecule has 48 valence electrons. The summed E-state index contributed by atoms with van der Waals surface area (Å²) in [7, 11) is 0. The minimum Gasteiger partial charge on any atom is -0.313 e. The highest BCUT2D eigenvalue weighted by atomic mass is 16.5. The first-order valence-corrected chi connectivity index (χ1v) is 3.19. The molecule has 0 aliphatic carbocycles. The molecule has 1 fully saturated rings. The maximum atomic E-state index is 9.10. The summed E-state index contributed by atoms with van der Waals surface area (Å²) >= 11 is 0. The fourth-order valence-electron chi connectivity index (χ4n) is 1.18. The van der Waals surface area contributed by atoms with E-state index in [1.807, 2.05) is 13.8 Å². The van der Waals surface area contributed by atoms with Crippen LogP contribution in [0.5, 0.6) is 0 Å². The van der Waals surface area contributed by atoms with Gasteiger partial charge >= 0.3 is 0 Å². The Balaban J connectivity index is 2.44. The van der Waals surface area contributed by atoms with Gasteiger partial charge < -0.3 is 5.21 Å². The SMILES string of the molecule is C[C@@H]1CC[C@H](C)N1O. The van der Waals surface area contributed by atoms with Crippen molar-refractivity contribution in [3.05, 3.63) is 0 Å². The van der Waals surface area contributed by atoms with Crippen LogP contribution in [0.1, 0.15) is 26.7 Å². The number of hydroxylamine groups is 2. The van der Waals surface area contributed by atoms with Crippen molar-refractivity contribution in [2.45, 2.75) is 38.8 Å². The second-order valence-electron chi connectivity index (χ2n) is 2.66. The predicted octanol–water partition coefficient (Wildman–Crippen LogP) is 1.25. The van der Waals surface area contributed by atoms with E-state index >= 15 is 0 Å². The zero-order valence-corrected chi connectivity index (χ0v) is 5.46. The lowest BCUT2D eigenvalue weighted by Crippen LogP contribution is -2.28. The van der Waals surface area contributed by atoms with Gasteiger partial charge in [0.15, 0.2) is 0 Å². The van der Waals surface area contributed by atoms with Gasteiger partial charge in [0.05, 0.1) is 0 Å². The van der Waals surface area contributed by atoms with Crippen LogP contribution in [0.2, 0.25) is 0 Å². The van der Waals surface area contributed by atoms with Gasteiger partial charge in [-0.05, 0) is 26.7 Å². The van der Waals surface area contributed by atoms with E-state index in [2.05, 4.69) is 0 Å². The lowest BCUT2D eigenvalue weighted by Gasteiger charge is -2.16. The monoisotopic (exact) mass is 115 g/mol. The van der Waals surface area contributed by atoms with Gasteiger partial charge in [-0.15, -0.1) is 0 Å². The van der Waals surface area contributed by atoms with Gasteiger partial charge in [0.25, 0.3) is 0 Å². The first-order valence-electron chi connectivity index (χ1n) is 3.19. The molecule has 0 radical (unpaired) electrons. The van der Waals surface area contributed by atoms with Gasteiger partial charge in [-0.25, -0.2) is 0 Å². The van der Waals surface area contributed by atoms with Crippen LogP contribution < -0.4 is 0 Å². The zero-order valence-electron chi connectivity index (χ0n) is 5.46. The van der Waals surface area contributed by atoms with Crippen molar-refractivity contribution in [3.63, 3.8) is 0 Å². The number of hydrogen-bond donors (Lipinski definition) is 1. The molecule has 1 aliphatic rings. The smallest absolute Gasteiger partial charge is 0.0325 e. The average Bonchev–Trinajstić information content (AvgIpc) is 1.98. The molecule has 0 aromatic heterocycles. The Labute approximate surface area is 50.1 Å². The molecule has 0 spiro atoms. The quantitative estimate of drug-likeness (QED) is 0.513. The molecule has 2 atom stereocenters. The Kier molecular flexibility index (Phi) is 1.54. The summed E-state index contributed by atoms with van der Waals surface area (Å²) in [6.07, 6.45) is 2.27. The third-order valence-corrected chi connectivity index (χ3v) is 1.91. The molecule has 1 heterocycles. The highest BCUT2D eigenvalue weighted by Crippen LogP contribution is 2.19. The van der Waals surface area contributed by atoms with Crippen molar-refractivity contribution < 1.29 is 5.21 Å². The fourth-order valence-corrected chi connectivity index (χ4v) is 1.18. The molecule has 0 bridgehead atoms. The van der Waals surface area contributed by atoms with E-state index in [0.29, 0.717) is 12.1 Å². The zero-order chi connectivity index (χ0) is 6.15. The standard InChI is InChI=1S/C6H13NO/c1-5-3-4-6(2)7(5)8/h5-6,8H,3-4H2,1-2H3/t5-,6+. The van der Waals surface area contributed by atoms with Crippen molar-refractivity contribution in [2.24, 2.45) is 0 Å². The van der Waals surface area contributed by atoms with Crippen LogP contribution in [-0.2, 0) is 0 Å². The van der Waals surface area contributed by atoms with E-state index in [9.17, 15) is 0 Å². The summed E-state index contributed by atoms with van der Waals surface area (Å²) in [4.78, 5) is 0. The van der Waals surface area contributed by atoms with Gasteiger partial charge in [0.1, 0.15) is 0 Å². The minimum absolute atomic E-state index is 0.380. The summed E-state index contributed by atoms with van der Waals surface area (Å²) in [5.74, 6) is 0. The van der Waals surface area contributed by atoms with Gasteiger partial charge in [0, 0.05) is 12.1 Å². The molecule has 1 rings (SSSR count). The van der Waals surface area contributed by atoms with E-state index in [4.69, 9.17) is 5.21 Å². The molecule has 0 amide bonds. The Hall–Kier alpha value is -0.0800. The fraction of sp³-hybridized carbons (Fsp3) is 1.00. The number of hydrogen-bond acceptors (Lipinski definition) is 2. The molecule has 0 saturated carbocycles. The van der Waals surface area contributed by atoms with Crippen molar-refractivity contribution in [1.82, 2.24) is 5.06 Å². The molecular weight excluding hydrogens is 102 g/mol. The van der Waals surface area contributed by atoms with Crippen LogP contribution >= 0.6 is 0 Å². The molecule has 0 aromatic carbocycles. The molecule has 1 aliphatic heterocycles. The topological polar surface area (TPSA) is 23.5 Å². The third kappa shape index (κ3) is 0.858. The maximum absolute atomic E-state index is 9.10. The van der Waals surface area contributed by atoms with E-state index in [0.717, 1.165) is 12.8 Å². The van der Waals surface area contributed by atoms with Crippen molar-refractivity contribution in [3.8, 4) is 0 Å². The second kappa shape index (κ2) is 2.03. The van der Waals surface area contributed by atoms with E-state index in [-0.39, 0.29) is 0 Å². The Bertz CT molecular complexity index is 74.6. The Morgan fingerprint density at radius 2 is 1.62 bits per heavy atom. The van der Waals surface area contributed by atoms with Gasteiger partial charge in [-0.1, -0.05) is 0 Å². The predicted molar refractivity (Wildman–Crippen MR) is 31.8 cm³/mol. The summed E-state index contributed by atoms with van der Waals surface area (Å²) < 4.78 is 0. The molecule has 1 N–H and O–H groups in total. The van der Waals surface area contributed by atoms with Gasteiger partial charge in [0.2, 0.25) is 0 Å². The molecular formula is C6H13NO. The summed E-state index contributed by atoms with van der Waals surface area (Å²) in [6.45, 7) is 4.09. The Morgan fingerprint density at radius 1 is 1.25 bits per heavy atom. The van der Waals surface area contributed by atoms with E-state index in [1.165, 1.54) is 5.06 Å². The normalized spacial score (nSPS) is 40.9. The first-order chi connectivity index (χ1) is 3.72. The molecule has 0 unspecified atom stereocenters. The van der Waals surface area contributed by atoms with Gasteiger partial charge in [-0.2, -0.15) is 5.06 Å². The average molecular weight is 115 g/mol. The summed E-state index contributed by atoms with van der Waals surface area (Å²) in [5, 5.41) is 10.5.